The molecule has 2 rings (SSSR count). The molecular weight excluding hydrogens is 242 g/mol. The van der Waals surface area contributed by atoms with Gasteiger partial charge in [0, 0.05) is 5.69 Å². The van der Waals surface area contributed by atoms with E-state index in [1.54, 1.807) is 31.2 Å². The maximum absolute atomic E-state index is 11.9. The Balaban J connectivity index is 1.83. The minimum atomic E-state index is -0.592. The molecule has 0 aromatic heterocycles. The molecule has 0 bridgehead atoms. The summed E-state index contributed by atoms with van der Waals surface area (Å²) in [7, 11) is 0. The second-order valence-corrected chi connectivity index (χ2v) is 5.03. The fraction of sp³-hybridized carbons (Fsp3) is 0.533. The molecule has 4 heteroatoms. The van der Waals surface area contributed by atoms with Crippen LogP contribution in [0.2, 0.25) is 0 Å². The van der Waals surface area contributed by atoms with Crippen LogP contribution in [-0.2, 0) is 9.53 Å². The van der Waals surface area contributed by atoms with Gasteiger partial charge in [0.2, 0.25) is 0 Å². The van der Waals surface area contributed by atoms with Gasteiger partial charge in [-0.15, -0.1) is 0 Å². The summed E-state index contributed by atoms with van der Waals surface area (Å²) < 4.78 is 11.0. The van der Waals surface area contributed by atoms with E-state index in [2.05, 4.69) is 0 Å². The first kappa shape index (κ1) is 13.7. The van der Waals surface area contributed by atoms with E-state index >= 15 is 0 Å². The first-order valence-electron chi connectivity index (χ1n) is 6.88. The molecule has 19 heavy (non-hydrogen) atoms. The molecular formula is C15H21NO3. The SMILES string of the molecule is CC(Oc1ccc(N)cc1)C(=O)OC1CCCCC1. The van der Waals surface area contributed by atoms with Crippen LogP contribution in [0.4, 0.5) is 5.69 Å². The Morgan fingerprint density at radius 2 is 1.84 bits per heavy atom. The van der Waals surface area contributed by atoms with E-state index in [9.17, 15) is 4.79 Å². The molecule has 1 unspecified atom stereocenters. The van der Waals surface area contributed by atoms with E-state index in [1.807, 2.05) is 0 Å². The number of hydrogen-bond acceptors (Lipinski definition) is 4. The summed E-state index contributed by atoms with van der Waals surface area (Å²) in [6.45, 7) is 1.71. The first-order valence-corrected chi connectivity index (χ1v) is 6.88. The van der Waals surface area contributed by atoms with Crippen LogP contribution in [0.3, 0.4) is 0 Å². The zero-order chi connectivity index (χ0) is 13.7. The van der Waals surface area contributed by atoms with Crippen molar-refractivity contribution in [2.24, 2.45) is 0 Å². The molecule has 2 N–H and O–H groups in total. The average molecular weight is 263 g/mol. The van der Waals surface area contributed by atoms with E-state index < -0.39 is 6.10 Å². The number of carbonyl (C=O) groups is 1. The van der Waals surface area contributed by atoms with Gasteiger partial charge in [0.1, 0.15) is 11.9 Å². The fourth-order valence-electron chi connectivity index (χ4n) is 2.24. The Kier molecular flexibility index (Phi) is 4.66. The van der Waals surface area contributed by atoms with Gasteiger partial charge in [-0.2, -0.15) is 0 Å². The van der Waals surface area contributed by atoms with Crippen LogP contribution in [0.1, 0.15) is 39.0 Å². The largest absolute Gasteiger partial charge is 0.479 e. The number of rotatable bonds is 4. The van der Waals surface area contributed by atoms with Crippen LogP contribution in [0, 0.1) is 0 Å². The van der Waals surface area contributed by atoms with Crippen molar-refractivity contribution in [1.82, 2.24) is 0 Å². The monoisotopic (exact) mass is 263 g/mol. The molecule has 1 atom stereocenters. The maximum Gasteiger partial charge on any atom is 0.347 e. The zero-order valence-corrected chi connectivity index (χ0v) is 11.3. The third-order valence-electron chi connectivity index (χ3n) is 3.36. The maximum atomic E-state index is 11.9. The number of nitrogen functional groups attached to an aromatic ring is 1. The molecule has 1 aromatic rings. The molecule has 1 aromatic carbocycles. The molecule has 0 radical (unpaired) electrons. The Labute approximate surface area is 113 Å². The first-order chi connectivity index (χ1) is 9.15. The van der Waals surface area contributed by atoms with Crippen molar-refractivity contribution in [2.45, 2.75) is 51.2 Å². The fourth-order valence-corrected chi connectivity index (χ4v) is 2.24. The standard InChI is InChI=1S/C15H21NO3/c1-11(18-14-9-7-12(16)8-10-14)15(17)19-13-5-3-2-4-6-13/h7-11,13H,2-6,16H2,1H3. The van der Waals surface area contributed by atoms with Crippen molar-refractivity contribution in [3.8, 4) is 5.75 Å². The van der Waals surface area contributed by atoms with Gasteiger partial charge in [0.15, 0.2) is 6.10 Å². The summed E-state index contributed by atoms with van der Waals surface area (Å²) in [6, 6.07) is 6.99. The van der Waals surface area contributed by atoms with Crippen molar-refractivity contribution in [3.63, 3.8) is 0 Å². The average Bonchev–Trinajstić information content (AvgIpc) is 2.42. The van der Waals surface area contributed by atoms with Crippen LogP contribution in [0.5, 0.6) is 5.75 Å². The number of carbonyl (C=O) groups excluding carboxylic acids is 1. The second-order valence-electron chi connectivity index (χ2n) is 5.03. The van der Waals surface area contributed by atoms with Crippen molar-refractivity contribution in [1.29, 1.82) is 0 Å². The lowest BCUT2D eigenvalue weighted by molar-refractivity contribution is -0.158. The number of anilines is 1. The summed E-state index contributed by atoms with van der Waals surface area (Å²) >= 11 is 0. The summed E-state index contributed by atoms with van der Waals surface area (Å²) in [5, 5.41) is 0. The molecule has 0 aliphatic heterocycles. The highest BCUT2D eigenvalue weighted by Gasteiger charge is 2.22. The highest BCUT2D eigenvalue weighted by atomic mass is 16.6. The summed E-state index contributed by atoms with van der Waals surface area (Å²) in [5.41, 5.74) is 6.26. The number of esters is 1. The predicted octanol–water partition coefficient (Wildman–Crippen LogP) is 2.91. The zero-order valence-electron chi connectivity index (χ0n) is 11.3. The molecule has 1 saturated carbocycles. The van der Waals surface area contributed by atoms with E-state index in [4.69, 9.17) is 15.2 Å². The molecule has 104 valence electrons. The molecule has 1 aliphatic carbocycles. The van der Waals surface area contributed by atoms with Gasteiger partial charge < -0.3 is 15.2 Å². The van der Waals surface area contributed by atoms with Crippen molar-refractivity contribution < 1.29 is 14.3 Å². The van der Waals surface area contributed by atoms with E-state index in [0.717, 1.165) is 25.7 Å². The van der Waals surface area contributed by atoms with Crippen molar-refractivity contribution in [2.75, 3.05) is 5.73 Å². The lowest BCUT2D eigenvalue weighted by Gasteiger charge is -2.23. The Morgan fingerprint density at radius 1 is 1.21 bits per heavy atom. The minimum Gasteiger partial charge on any atom is -0.479 e. The number of hydrogen-bond donors (Lipinski definition) is 1. The summed E-state index contributed by atoms with van der Waals surface area (Å²) in [5.74, 6) is 0.339. The highest BCUT2D eigenvalue weighted by Crippen LogP contribution is 2.21. The molecule has 1 fully saturated rings. The normalized spacial score (nSPS) is 17.7. The minimum absolute atomic E-state index is 0.0683. The molecule has 0 heterocycles. The third-order valence-corrected chi connectivity index (χ3v) is 3.36. The van der Waals surface area contributed by atoms with Crippen LogP contribution in [0.25, 0.3) is 0 Å². The van der Waals surface area contributed by atoms with Crippen LogP contribution in [0.15, 0.2) is 24.3 Å². The van der Waals surface area contributed by atoms with Gasteiger partial charge in [-0.25, -0.2) is 4.79 Å². The highest BCUT2D eigenvalue weighted by molar-refractivity contribution is 5.74. The smallest absolute Gasteiger partial charge is 0.347 e. The number of ether oxygens (including phenoxy) is 2. The summed E-state index contributed by atoms with van der Waals surface area (Å²) in [4.78, 5) is 11.9. The Bertz CT molecular complexity index is 410. The molecule has 0 amide bonds. The predicted molar refractivity (Wildman–Crippen MR) is 73.9 cm³/mol. The van der Waals surface area contributed by atoms with Crippen LogP contribution in [-0.4, -0.2) is 18.2 Å². The van der Waals surface area contributed by atoms with Crippen molar-refractivity contribution >= 4 is 11.7 Å². The van der Waals surface area contributed by atoms with Gasteiger partial charge in [0.05, 0.1) is 0 Å². The van der Waals surface area contributed by atoms with Gasteiger partial charge >= 0.3 is 5.97 Å². The van der Waals surface area contributed by atoms with Gasteiger partial charge in [-0.05, 0) is 56.9 Å². The Morgan fingerprint density at radius 3 is 2.47 bits per heavy atom. The van der Waals surface area contributed by atoms with Crippen molar-refractivity contribution in [3.05, 3.63) is 24.3 Å². The second kappa shape index (κ2) is 6.45. The quantitative estimate of drug-likeness (QED) is 0.670. The molecule has 1 aliphatic rings. The van der Waals surface area contributed by atoms with E-state index in [1.165, 1.54) is 6.42 Å². The molecule has 0 saturated heterocycles. The van der Waals surface area contributed by atoms with Crippen LogP contribution < -0.4 is 10.5 Å². The number of benzene rings is 1. The lowest BCUT2D eigenvalue weighted by Crippen LogP contribution is -2.31. The van der Waals surface area contributed by atoms with Crippen LogP contribution >= 0.6 is 0 Å². The Hall–Kier alpha value is -1.71. The molecule has 0 spiro atoms. The van der Waals surface area contributed by atoms with Gasteiger partial charge in [0.25, 0.3) is 0 Å². The van der Waals surface area contributed by atoms with E-state index in [-0.39, 0.29) is 12.1 Å². The van der Waals surface area contributed by atoms with Gasteiger partial charge in [-0.1, -0.05) is 6.42 Å². The van der Waals surface area contributed by atoms with Gasteiger partial charge in [-0.3, -0.25) is 0 Å². The number of nitrogens with two attached hydrogens (primary N) is 1. The lowest BCUT2D eigenvalue weighted by atomic mass is 9.98. The topological polar surface area (TPSA) is 61.5 Å². The summed E-state index contributed by atoms with van der Waals surface area (Å²) in [6.07, 6.45) is 4.95. The van der Waals surface area contributed by atoms with E-state index in [0.29, 0.717) is 11.4 Å². The third kappa shape index (κ3) is 4.16. The molecule has 4 nitrogen and oxygen atoms in total.